The smallest absolute Gasteiger partial charge is 0.0447 e. The van der Waals surface area contributed by atoms with Crippen LogP contribution in [-0.2, 0) is 6.42 Å². The van der Waals surface area contributed by atoms with Gasteiger partial charge in [-0.3, -0.25) is 4.90 Å². The third kappa shape index (κ3) is 4.53. The van der Waals surface area contributed by atoms with Gasteiger partial charge in [0.25, 0.3) is 0 Å². The van der Waals surface area contributed by atoms with Crippen LogP contribution in [-0.4, -0.2) is 56.1 Å². The molecule has 2 rings (SSSR count). The van der Waals surface area contributed by atoms with E-state index >= 15 is 0 Å². The van der Waals surface area contributed by atoms with Crippen molar-refractivity contribution in [3.05, 3.63) is 35.4 Å². The zero-order valence-electron chi connectivity index (χ0n) is 14.1. The van der Waals surface area contributed by atoms with E-state index in [1.54, 1.807) is 0 Å². The lowest BCUT2D eigenvalue weighted by Gasteiger charge is -2.31. The van der Waals surface area contributed by atoms with Crippen LogP contribution in [0.5, 0.6) is 0 Å². The van der Waals surface area contributed by atoms with Crippen molar-refractivity contribution in [3.63, 3.8) is 0 Å². The molecule has 1 saturated heterocycles. The molecule has 2 unspecified atom stereocenters. The van der Waals surface area contributed by atoms with Gasteiger partial charge in [-0.2, -0.15) is 0 Å². The normalized spacial score (nSPS) is 23.0. The SMILES string of the molecule is CCc1ccc(C(CN2CCCN(C)CC2C)NC)cc1. The first-order valence-electron chi connectivity index (χ1n) is 8.32. The van der Waals surface area contributed by atoms with E-state index in [0.29, 0.717) is 12.1 Å². The summed E-state index contributed by atoms with van der Waals surface area (Å²) in [5, 5.41) is 3.50. The van der Waals surface area contributed by atoms with Crippen molar-refractivity contribution >= 4 is 0 Å². The van der Waals surface area contributed by atoms with E-state index in [1.807, 2.05) is 0 Å². The number of rotatable bonds is 5. The lowest BCUT2D eigenvalue weighted by molar-refractivity contribution is 0.185. The van der Waals surface area contributed by atoms with Crippen molar-refractivity contribution in [1.82, 2.24) is 15.1 Å². The van der Waals surface area contributed by atoms with Crippen molar-refractivity contribution < 1.29 is 0 Å². The summed E-state index contributed by atoms with van der Waals surface area (Å²) in [5.41, 5.74) is 2.82. The zero-order valence-corrected chi connectivity index (χ0v) is 14.1. The Bertz CT molecular complexity index is 415. The van der Waals surface area contributed by atoms with E-state index in [2.05, 4.69) is 67.3 Å². The molecule has 1 heterocycles. The molecule has 1 aliphatic heterocycles. The second kappa shape index (κ2) is 7.92. The highest BCUT2D eigenvalue weighted by atomic mass is 15.2. The van der Waals surface area contributed by atoms with Gasteiger partial charge in [-0.25, -0.2) is 0 Å². The second-order valence-corrected chi connectivity index (χ2v) is 6.40. The molecule has 0 spiro atoms. The van der Waals surface area contributed by atoms with Crippen LogP contribution in [0.25, 0.3) is 0 Å². The predicted molar refractivity (Wildman–Crippen MR) is 90.8 cm³/mol. The molecular weight excluding hydrogens is 258 g/mol. The van der Waals surface area contributed by atoms with Crippen molar-refractivity contribution in [2.24, 2.45) is 0 Å². The average molecular weight is 289 g/mol. The van der Waals surface area contributed by atoms with E-state index in [4.69, 9.17) is 0 Å². The van der Waals surface area contributed by atoms with Crippen molar-refractivity contribution in [1.29, 1.82) is 0 Å². The topological polar surface area (TPSA) is 18.5 Å². The molecule has 0 bridgehead atoms. The minimum atomic E-state index is 0.418. The Balaban J connectivity index is 2.03. The van der Waals surface area contributed by atoms with E-state index in [-0.39, 0.29) is 0 Å². The molecular formula is C18H31N3. The van der Waals surface area contributed by atoms with Gasteiger partial charge in [-0.1, -0.05) is 31.2 Å². The average Bonchev–Trinajstić information content (AvgIpc) is 2.65. The third-order valence-electron chi connectivity index (χ3n) is 4.74. The van der Waals surface area contributed by atoms with E-state index in [1.165, 1.54) is 37.2 Å². The molecule has 0 radical (unpaired) electrons. The third-order valence-corrected chi connectivity index (χ3v) is 4.74. The van der Waals surface area contributed by atoms with Crippen LogP contribution < -0.4 is 5.32 Å². The fourth-order valence-electron chi connectivity index (χ4n) is 3.28. The van der Waals surface area contributed by atoms with Crippen LogP contribution in [0.1, 0.15) is 37.4 Å². The van der Waals surface area contributed by atoms with Crippen LogP contribution in [0.4, 0.5) is 0 Å². The highest BCUT2D eigenvalue weighted by Crippen LogP contribution is 2.18. The van der Waals surface area contributed by atoms with Crippen LogP contribution in [0.2, 0.25) is 0 Å². The lowest BCUT2D eigenvalue weighted by atomic mass is 10.0. The number of nitrogens with zero attached hydrogens (tertiary/aromatic N) is 2. The van der Waals surface area contributed by atoms with Gasteiger partial charge in [-0.15, -0.1) is 0 Å². The number of nitrogens with one attached hydrogen (secondary N) is 1. The van der Waals surface area contributed by atoms with Crippen LogP contribution >= 0.6 is 0 Å². The highest BCUT2D eigenvalue weighted by Gasteiger charge is 2.22. The highest BCUT2D eigenvalue weighted by molar-refractivity contribution is 5.25. The maximum atomic E-state index is 3.50. The molecule has 118 valence electrons. The monoisotopic (exact) mass is 289 g/mol. The Kier molecular flexibility index (Phi) is 6.22. The summed E-state index contributed by atoms with van der Waals surface area (Å²) in [4.78, 5) is 5.09. The standard InChI is InChI=1S/C18H31N3/c1-5-16-7-9-17(10-8-16)18(19-3)14-21-12-6-11-20(4)13-15(21)2/h7-10,15,18-19H,5-6,11-14H2,1-4H3. The van der Waals surface area contributed by atoms with Gasteiger partial charge in [0.05, 0.1) is 0 Å². The molecule has 1 aromatic carbocycles. The van der Waals surface area contributed by atoms with Crippen molar-refractivity contribution in [2.45, 2.75) is 38.8 Å². The molecule has 0 aromatic heterocycles. The maximum absolute atomic E-state index is 3.50. The molecule has 0 saturated carbocycles. The minimum Gasteiger partial charge on any atom is -0.312 e. The Morgan fingerprint density at radius 1 is 1.24 bits per heavy atom. The van der Waals surface area contributed by atoms with Crippen LogP contribution in [0, 0.1) is 0 Å². The van der Waals surface area contributed by atoms with Crippen LogP contribution in [0.3, 0.4) is 0 Å². The summed E-state index contributed by atoms with van der Waals surface area (Å²) in [7, 11) is 4.31. The lowest BCUT2D eigenvalue weighted by Crippen LogP contribution is -2.42. The Morgan fingerprint density at radius 2 is 1.95 bits per heavy atom. The summed E-state index contributed by atoms with van der Waals surface area (Å²) >= 11 is 0. The summed E-state index contributed by atoms with van der Waals surface area (Å²) in [6.45, 7) is 9.25. The fraction of sp³-hybridized carbons (Fsp3) is 0.667. The first-order valence-corrected chi connectivity index (χ1v) is 8.32. The minimum absolute atomic E-state index is 0.418. The molecule has 2 atom stereocenters. The Morgan fingerprint density at radius 3 is 2.57 bits per heavy atom. The van der Waals surface area contributed by atoms with E-state index < -0.39 is 0 Å². The van der Waals surface area contributed by atoms with E-state index in [9.17, 15) is 0 Å². The van der Waals surface area contributed by atoms with Crippen molar-refractivity contribution in [2.75, 3.05) is 40.3 Å². The molecule has 0 aliphatic carbocycles. The first-order chi connectivity index (χ1) is 10.1. The number of aryl methyl sites for hydroxylation is 1. The summed E-state index contributed by atoms with van der Waals surface area (Å²) in [5.74, 6) is 0. The molecule has 21 heavy (non-hydrogen) atoms. The number of likely N-dealkylation sites (N-methyl/N-ethyl adjacent to an activating group) is 2. The predicted octanol–water partition coefficient (Wildman–Crippen LogP) is 2.54. The van der Waals surface area contributed by atoms with Gasteiger partial charge in [-0.05, 0) is 58.1 Å². The molecule has 1 aromatic rings. The van der Waals surface area contributed by atoms with Gasteiger partial charge < -0.3 is 10.2 Å². The van der Waals surface area contributed by atoms with Crippen LogP contribution in [0.15, 0.2) is 24.3 Å². The molecule has 3 nitrogen and oxygen atoms in total. The number of hydrogen-bond acceptors (Lipinski definition) is 3. The van der Waals surface area contributed by atoms with Gasteiger partial charge in [0.15, 0.2) is 0 Å². The van der Waals surface area contributed by atoms with Gasteiger partial charge >= 0.3 is 0 Å². The molecule has 1 aliphatic rings. The molecule has 1 N–H and O–H groups in total. The Hall–Kier alpha value is -0.900. The number of benzene rings is 1. The molecule has 1 fully saturated rings. The van der Waals surface area contributed by atoms with Gasteiger partial charge in [0.2, 0.25) is 0 Å². The van der Waals surface area contributed by atoms with E-state index in [0.717, 1.165) is 13.0 Å². The summed E-state index contributed by atoms with van der Waals surface area (Å²) < 4.78 is 0. The van der Waals surface area contributed by atoms with Crippen molar-refractivity contribution in [3.8, 4) is 0 Å². The second-order valence-electron chi connectivity index (χ2n) is 6.40. The zero-order chi connectivity index (χ0) is 15.2. The first kappa shape index (κ1) is 16.5. The Labute approximate surface area is 130 Å². The summed E-state index contributed by atoms with van der Waals surface area (Å²) in [6.07, 6.45) is 2.38. The quantitative estimate of drug-likeness (QED) is 0.898. The maximum Gasteiger partial charge on any atom is 0.0447 e. The summed E-state index contributed by atoms with van der Waals surface area (Å²) in [6, 6.07) is 10.1. The largest absolute Gasteiger partial charge is 0.312 e. The fourth-order valence-corrected chi connectivity index (χ4v) is 3.28. The van der Waals surface area contributed by atoms with Gasteiger partial charge in [0, 0.05) is 25.2 Å². The van der Waals surface area contributed by atoms with Gasteiger partial charge in [0.1, 0.15) is 0 Å². The molecule has 0 amide bonds. The number of hydrogen-bond donors (Lipinski definition) is 1. The molecule has 3 heteroatoms.